The average Bonchev–Trinajstić information content (AvgIpc) is 3.12. The van der Waals surface area contributed by atoms with Gasteiger partial charge >= 0.3 is 0 Å². The maximum atomic E-state index is 12.7. The molecule has 1 saturated heterocycles. The highest BCUT2D eigenvalue weighted by atomic mass is 35.5. The zero-order valence-corrected chi connectivity index (χ0v) is 14.9. The van der Waals surface area contributed by atoms with E-state index in [4.69, 9.17) is 11.6 Å². The number of hydrogen-bond acceptors (Lipinski definition) is 4. The Kier molecular flexibility index (Phi) is 4.14. The number of thiazole rings is 1. The van der Waals surface area contributed by atoms with Gasteiger partial charge in [-0.1, -0.05) is 11.6 Å². The molecule has 1 amide bonds. The molecular formula is C17H20ClN3O2S. The van der Waals surface area contributed by atoms with Crippen LogP contribution in [0.3, 0.4) is 0 Å². The molecule has 2 aromatic heterocycles. The maximum absolute atomic E-state index is 12.7. The predicted octanol–water partition coefficient (Wildman–Crippen LogP) is 3.22. The van der Waals surface area contributed by atoms with Crippen LogP contribution >= 0.6 is 22.9 Å². The Morgan fingerprint density at radius 1 is 1.46 bits per heavy atom. The fourth-order valence-corrected chi connectivity index (χ4v) is 4.97. The van der Waals surface area contributed by atoms with Crippen molar-refractivity contribution in [3.8, 4) is 0 Å². The highest BCUT2D eigenvalue weighted by Gasteiger charge is 2.48. The molecule has 2 fully saturated rings. The van der Waals surface area contributed by atoms with Gasteiger partial charge in [-0.3, -0.25) is 9.20 Å². The summed E-state index contributed by atoms with van der Waals surface area (Å²) >= 11 is 7.69. The molecule has 24 heavy (non-hydrogen) atoms. The third-order valence-corrected chi connectivity index (χ3v) is 6.61. The van der Waals surface area contributed by atoms with E-state index in [2.05, 4.69) is 4.98 Å². The van der Waals surface area contributed by atoms with E-state index in [1.165, 1.54) is 11.3 Å². The molecule has 1 spiro atoms. The van der Waals surface area contributed by atoms with Gasteiger partial charge in [-0.2, -0.15) is 0 Å². The molecule has 128 valence electrons. The lowest BCUT2D eigenvalue weighted by Gasteiger charge is -2.55. The van der Waals surface area contributed by atoms with E-state index in [1.807, 2.05) is 20.9 Å². The van der Waals surface area contributed by atoms with Gasteiger partial charge in [-0.25, -0.2) is 4.98 Å². The van der Waals surface area contributed by atoms with Crippen molar-refractivity contribution in [2.45, 2.75) is 37.6 Å². The number of aliphatic hydroxyl groups is 1. The molecule has 0 unspecified atom stereocenters. The number of fused-ring (bicyclic) bond motifs is 1. The van der Waals surface area contributed by atoms with Crippen molar-refractivity contribution in [3.63, 3.8) is 0 Å². The third-order valence-electron chi connectivity index (χ3n) is 5.57. The molecule has 1 saturated carbocycles. The summed E-state index contributed by atoms with van der Waals surface area (Å²) in [7, 11) is 0. The van der Waals surface area contributed by atoms with Gasteiger partial charge in [0.25, 0.3) is 0 Å². The smallest absolute Gasteiger partial charge is 0.247 e. The number of likely N-dealkylation sites (tertiary alicyclic amines) is 1. The molecule has 0 aromatic carbocycles. The molecule has 2 aliphatic rings. The van der Waals surface area contributed by atoms with E-state index < -0.39 is 0 Å². The number of rotatable bonds is 3. The zero-order chi connectivity index (χ0) is 16.7. The number of aromatic nitrogens is 2. The quantitative estimate of drug-likeness (QED) is 0.849. The van der Waals surface area contributed by atoms with Gasteiger partial charge in [0.2, 0.25) is 5.91 Å². The van der Waals surface area contributed by atoms with Gasteiger partial charge in [-0.05, 0) is 44.1 Å². The first kappa shape index (κ1) is 16.1. The van der Waals surface area contributed by atoms with Crippen molar-refractivity contribution in [1.29, 1.82) is 0 Å². The molecule has 3 heterocycles. The maximum Gasteiger partial charge on any atom is 0.247 e. The lowest BCUT2D eigenvalue weighted by Crippen LogP contribution is -2.63. The lowest BCUT2D eigenvalue weighted by molar-refractivity contribution is -0.146. The largest absolute Gasteiger partial charge is 0.396 e. The number of hydrogen-bond donors (Lipinski definition) is 1. The van der Waals surface area contributed by atoms with Crippen molar-refractivity contribution < 1.29 is 9.90 Å². The summed E-state index contributed by atoms with van der Waals surface area (Å²) in [5, 5.41) is 11.7. The molecule has 1 N–H and O–H groups in total. The predicted molar refractivity (Wildman–Crippen MR) is 95.2 cm³/mol. The van der Waals surface area contributed by atoms with Crippen LogP contribution in [0, 0.1) is 5.92 Å². The summed E-state index contributed by atoms with van der Waals surface area (Å²) in [5.41, 5.74) is 0.770. The molecule has 0 bridgehead atoms. The second kappa shape index (κ2) is 6.17. The van der Waals surface area contributed by atoms with Crippen LogP contribution < -0.4 is 0 Å². The highest BCUT2D eigenvalue weighted by molar-refractivity contribution is 7.15. The molecule has 1 aliphatic heterocycles. The summed E-state index contributed by atoms with van der Waals surface area (Å²) in [6, 6.07) is 0. The topological polar surface area (TPSA) is 57.8 Å². The van der Waals surface area contributed by atoms with Crippen LogP contribution in [0.2, 0.25) is 5.15 Å². The number of halogens is 1. The fourth-order valence-electron chi connectivity index (χ4n) is 3.97. The van der Waals surface area contributed by atoms with Crippen LogP contribution in [-0.2, 0) is 4.79 Å². The van der Waals surface area contributed by atoms with Crippen LogP contribution in [-0.4, -0.2) is 44.0 Å². The number of carbonyl (C=O) groups is 1. The first-order valence-corrected chi connectivity index (χ1v) is 9.60. The summed E-state index contributed by atoms with van der Waals surface area (Å²) < 4.78 is 1.90. The average molecular weight is 366 g/mol. The van der Waals surface area contributed by atoms with Gasteiger partial charge in [0, 0.05) is 36.3 Å². The second-order valence-corrected chi connectivity index (χ2v) is 8.00. The Morgan fingerprint density at radius 3 is 2.92 bits per heavy atom. The fraction of sp³-hybridized carbons (Fsp3) is 0.529. The summed E-state index contributed by atoms with van der Waals surface area (Å²) in [4.78, 5) is 19.8. The molecule has 5 nitrogen and oxygen atoms in total. The molecule has 0 atom stereocenters. The van der Waals surface area contributed by atoms with E-state index in [0.717, 1.165) is 49.3 Å². The van der Waals surface area contributed by atoms with Gasteiger partial charge < -0.3 is 10.0 Å². The highest BCUT2D eigenvalue weighted by Crippen LogP contribution is 2.44. The molecule has 7 heteroatoms. The third kappa shape index (κ3) is 2.57. The lowest BCUT2D eigenvalue weighted by atomic mass is 9.69. The molecular weight excluding hydrogens is 346 g/mol. The van der Waals surface area contributed by atoms with Gasteiger partial charge in [0.05, 0.1) is 5.69 Å². The van der Waals surface area contributed by atoms with Gasteiger partial charge in [-0.15, -0.1) is 11.3 Å². The minimum absolute atomic E-state index is 0.0198. The standard InChI is InChI=1S/C17H20ClN3O2S/c18-15-13(20-9-10-24-16(20)19-15)1-2-14(23)21-8-7-17(21)5-3-12(11-22)4-6-17/h1-2,9-10,12,22H,3-8,11H2/b2-1+. The number of carbonyl (C=O) groups excluding carboxylic acids is 1. The number of aliphatic hydroxyl groups excluding tert-OH is 1. The number of nitrogens with zero attached hydrogens (tertiary/aromatic N) is 3. The Morgan fingerprint density at radius 2 is 2.25 bits per heavy atom. The summed E-state index contributed by atoms with van der Waals surface area (Å²) in [6.45, 7) is 1.08. The molecule has 1 aliphatic carbocycles. The van der Waals surface area contributed by atoms with Crippen molar-refractivity contribution in [2.75, 3.05) is 13.2 Å². The second-order valence-electron chi connectivity index (χ2n) is 6.77. The minimum atomic E-state index is 0.0198. The van der Waals surface area contributed by atoms with E-state index in [-0.39, 0.29) is 18.1 Å². The van der Waals surface area contributed by atoms with Crippen molar-refractivity contribution >= 4 is 39.9 Å². The molecule has 4 rings (SSSR count). The molecule has 2 aromatic rings. The van der Waals surface area contributed by atoms with Crippen LogP contribution in [0.25, 0.3) is 11.0 Å². The first-order chi connectivity index (χ1) is 11.6. The SMILES string of the molecule is O=C(/C=C/c1c(Cl)nc2sccn12)N1CCC12CCC(CO)CC2. The Balaban J connectivity index is 1.48. The van der Waals surface area contributed by atoms with E-state index in [9.17, 15) is 9.90 Å². The van der Waals surface area contributed by atoms with Crippen molar-refractivity contribution in [3.05, 3.63) is 28.5 Å². The monoisotopic (exact) mass is 365 g/mol. The van der Waals surface area contributed by atoms with E-state index in [0.29, 0.717) is 11.1 Å². The normalized spacial score (nSPS) is 27.2. The van der Waals surface area contributed by atoms with Crippen LogP contribution in [0.15, 0.2) is 17.7 Å². The van der Waals surface area contributed by atoms with Crippen LogP contribution in [0.4, 0.5) is 0 Å². The zero-order valence-electron chi connectivity index (χ0n) is 13.3. The Bertz CT molecular complexity index is 789. The number of amides is 1. The Labute approximate surface area is 149 Å². The van der Waals surface area contributed by atoms with E-state index in [1.54, 1.807) is 12.2 Å². The van der Waals surface area contributed by atoms with Gasteiger partial charge in [0.1, 0.15) is 0 Å². The summed E-state index contributed by atoms with van der Waals surface area (Å²) in [5.74, 6) is 0.450. The molecule has 0 radical (unpaired) electrons. The van der Waals surface area contributed by atoms with Crippen molar-refractivity contribution in [2.24, 2.45) is 5.92 Å². The number of imidazole rings is 1. The summed E-state index contributed by atoms with van der Waals surface area (Å²) in [6.07, 6.45) is 10.4. The van der Waals surface area contributed by atoms with Crippen LogP contribution in [0.5, 0.6) is 0 Å². The van der Waals surface area contributed by atoms with Crippen LogP contribution in [0.1, 0.15) is 37.8 Å². The van der Waals surface area contributed by atoms with Gasteiger partial charge in [0.15, 0.2) is 10.1 Å². The van der Waals surface area contributed by atoms with E-state index >= 15 is 0 Å². The first-order valence-electron chi connectivity index (χ1n) is 8.34. The van der Waals surface area contributed by atoms with Crippen molar-refractivity contribution in [1.82, 2.24) is 14.3 Å². The minimum Gasteiger partial charge on any atom is -0.396 e. The Hall–Kier alpha value is -1.37.